The molecule has 1 radical (unpaired) electrons. The molecule has 0 aromatic carbocycles. The fourth-order valence-corrected chi connectivity index (χ4v) is 0.291. The van der Waals surface area contributed by atoms with Gasteiger partial charge in [0.25, 0.3) is 0 Å². The maximum atomic E-state index is 6.78. The van der Waals surface area contributed by atoms with Crippen molar-refractivity contribution in [3.63, 3.8) is 0 Å². The second kappa shape index (κ2) is 23.2. The van der Waals surface area contributed by atoms with Crippen molar-refractivity contribution in [2.75, 3.05) is 27.4 Å². The van der Waals surface area contributed by atoms with Crippen molar-refractivity contribution < 1.29 is 60.0 Å². The Labute approximate surface area is 146 Å². The summed E-state index contributed by atoms with van der Waals surface area (Å²) in [5.74, 6) is 0. The van der Waals surface area contributed by atoms with Gasteiger partial charge in [-0.15, -0.1) is 0 Å². The molecule has 57 valence electrons. The Kier molecular flexibility index (Phi) is 61.6. The summed E-state index contributed by atoms with van der Waals surface area (Å²) in [5.41, 5.74) is 6.78. The van der Waals surface area contributed by atoms with Gasteiger partial charge >= 0.3 is 37.7 Å². The van der Waals surface area contributed by atoms with Crippen molar-refractivity contribution in [1.29, 1.82) is 0 Å². The summed E-state index contributed by atoms with van der Waals surface area (Å²) in [4.78, 5) is 1.81. The molecule has 0 saturated heterocycles. The summed E-state index contributed by atoms with van der Waals surface area (Å²) < 4.78 is 0. The average Bonchev–Trinajstić information content (AvgIpc) is 1.68. The van der Waals surface area contributed by atoms with Crippen LogP contribution in [0.3, 0.4) is 0 Å². The Morgan fingerprint density at radius 3 is 1.91 bits per heavy atom. The number of hydrogen-bond acceptors (Lipinski definition) is 1. The molecule has 0 unspecified atom stereocenters. The van der Waals surface area contributed by atoms with Gasteiger partial charge in [-0.05, 0) is 7.05 Å². The second-order valence-corrected chi connectivity index (χ2v) is 1.47. The summed E-state index contributed by atoms with van der Waals surface area (Å²) in [6.45, 7) is 1.00. The molecule has 3 nitrogen and oxygen atoms in total. The van der Waals surface area contributed by atoms with E-state index >= 15 is 0 Å². The summed E-state index contributed by atoms with van der Waals surface area (Å²) >= 11 is 0. The number of nitrogens with zero attached hydrogens (tertiary/aromatic N) is 2. The first-order chi connectivity index (χ1) is 3.31. The van der Waals surface area contributed by atoms with Crippen LogP contribution < -0.4 is 0 Å². The molecule has 6 heteroatoms. The Balaban J connectivity index is -0.0000000300. The van der Waals surface area contributed by atoms with Crippen molar-refractivity contribution in [1.82, 2.24) is 4.90 Å². The molecule has 0 heterocycles. The van der Waals surface area contributed by atoms with E-state index in [0.29, 0.717) is 13.3 Å². The standard InChI is InChI=1S/C4H11N3.CH3.Ca.Cd.Y/c1-6-4-7(2)3-5;;;;/h5H,3-4H2,1-2H3;1H3;;;/q-2;-1;+2;;. The summed E-state index contributed by atoms with van der Waals surface area (Å²) in [7, 11) is 3.60. The van der Waals surface area contributed by atoms with E-state index in [1.54, 1.807) is 11.9 Å². The molecule has 11 heavy (non-hydrogen) atoms. The monoisotopic (exact) mass is 359 g/mol. The van der Waals surface area contributed by atoms with Gasteiger partial charge in [0, 0.05) is 60.0 Å². The van der Waals surface area contributed by atoms with E-state index in [1.165, 1.54) is 0 Å². The maximum Gasteiger partial charge on any atom is 2.00 e. The zero-order valence-corrected chi connectivity index (χ0v) is 16.9. The SMILES string of the molecule is C[N-]CN(C)C[NH-].[CH3-].[Ca+2].[Cd].[Y]. The Morgan fingerprint density at radius 2 is 1.82 bits per heavy atom. The van der Waals surface area contributed by atoms with Crippen molar-refractivity contribution >= 4 is 37.7 Å². The smallest absolute Gasteiger partial charge is 0.665 e. The predicted molar refractivity (Wildman–Crippen MR) is 43.3 cm³/mol. The van der Waals surface area contributed by atoms with Gasteiger partial charge in [0.2, 0.25) is 0 Å². The molecule has 0 amide bonds. The van der Waals surface area contributed by atoms with Gasteiger partial charge in [-0.2, -0.15) is 7.05 Å². The molecule has 0 saturated carbocycles. The van der Waals surface area contributed by atoms with Crippen molar-refractivity contribution in [2.24, 2.45) is 0 Å². The quantitative estimate of drug-likeness (QED) is 0.548. The fraction of sp³-hybridized carbons (Fsp3) is 0.800. The van der Waals surface area contributed by atoms with Crippen LogP contribution in [0.5, 0.6) is 0 Å². The van der Waals surface area contributed by atoms with Crippen LogP contribution in [0.2, 0.25) is 0 Å². The third-order valence-electron chi connectivity index (χ3n) is 0.653. The molecule has 0 aromatic rings. The molecular weight excluding hydrogens is 343 g/mol. The van der Waals surface area contributed by atoms with Crippen LogP contribution >= 0.6 is 0 Å². The number of nitrogens with one attached hydrogen (secondary N) is 1. The molecule has 0 atom stereocenters. The van der Waals surface area contributed by atoms with Gasteiger partial charge in [0.15, 0.2) is 0 Å². The van der Waals surface area contributed by atoms with Gasteiger partial charge in [0.05, 0.1) is 0 Å². The second-order valence-electron chi connectivity index (χ2n) is 1.47. The van der Waals surface area contributed by atoms with Gasteiger partial charge in [0.1, 0.15) is 0 Å². The van der Waals surface area contributed by atoms with Gasteiger partial charge in [-0.1, -0.05) is 13.3 Å². The van der Waals surface area contributed by atoms with E-state index < -0.39 is 0 Å². The molecule has 0 rings (SSSR count). The largest absolute Gasteiger partial charge is 2.00 e. The maximum absolute atomic E-state index is 6.78. The van der Waals surface area contributed by atoms with Crippen LogP contribution in [-0.2, 0) is 60.0 Å². The third kappa shape index (κ3) is 24.6. The minimum atomic E-state index is 0. The summed E-state index contributed by atoms with van der Waals surface area (Å²) in [6, 6.07) is 0. The van der Waals surface area contributed by atoms with E-state index in [4.69, 9.17) is 5.73 Å². The minimum absolute atomic E-state index is 0. The molecule has 0 aliphatic carbocycles. The van der Waals surface area contributed by atoms with Gasteiger partial charge in [-0.25, -0.2) is 0 Å². The molecule has 0 aliphatic heterocycles. The first-order valence-corrected chi connectivity index (χ1v) is 2.20. The van der Waals surface area contributed by atoms with E-state index in [-0.39, 0.29) is 105 Å². The fourth-order valence-electron chi connectivity index (χ4n) is 0.291. The number of rotatable bonds is 3. The van der Waals surface area contributed by atoms with Crippen LogP contribution in [0.25, 0.3) is 11.1 Å². The van der Waals surface area contributed by atoms with Crippen molar-refractivity contribution in [2.45, 2.75) is 0 Å². The molecule has 0 aromatic heterocycles. The first kappa shape index (κ1) is 29.2. The zero-order chi connectivity index (χ0) is 5.70. The number of hydrogen-bond donors (Lipinski definition) is 0. The molecular formula is C5H14CaCdN3Y-. The van der Waals surface area contributed by atoms with E-state index in [2.05, 4.69) is 5.32 Å². The van der Waals surface area contributed by atoms with Crippen LogP contribution in [-0.4, -0.2) is 70.1 Å². The predicted octanol–water partition coefficient (Wildman–Crippen LogP) is 0.953. The average molecular weight is 358 g/mol. The van der Waals surface area contributed by atoms with E-state index in [1.807, 2.05) is 7.05 Å². The molecule has 1 N–H and O–H groups in total. The van der Waals surface area contributed by atoms with Crippen LogP contribution in [0.4, 0.5) is 0 Å². The van der Waals surface area contributed by atoms with Crippen LogP contribution in [0.1, 0.15) is 0 Å². The van der Waals surface area contributed by atoms with Gasteiger partial charge < -0.3 is 23.4 Å². The summed E-state index contributed by atoms with van der Waals surface area (Å²) in [5, 5.41) is 3.81. The molecule has 0 aliphatic rings. The van der Waals surface area contributed by atoms with E-state index in [0.717, 1.165) is 0 Å². The topological polar surface area (TPSA) is 41.1 Å². The van der Waals surface area contributed by atoms with E-state index in [9.17, 15) is 0 Å². The first-order valence-electron chi connectivity index (χ1n) is 2.20. The Morgan fingerprint density at radius 1 is 1.45 bits per heavy atom. The minimum Gasteiger partial charge on any atom is -0.665 e. The Bertz CT molecular complexity index is 52.7. The molecule has 0 spiro atoms. The van der Waals surface area contributed by atoms with Crippen LogP contribution in [0.15, 0.2) is 0 Å². The summed E-state index contributed by atoms with van der Waals surface area (Å²) in [6.07, 6.45) is 0. The Hall–Kier alpha value is 3.17. The third-order valence-corrected chi connectivity index (χ3v) is 0.653. The van der Waals surface area contributed by atoms with Crippen LogP contribution in [0, 0.1) is 7.43 Å². The van der Waals surface area contributed by atoms with Crippen molar-refractivity contribution in [3.8, 4) is 0 Å². The van der Waals surface area contributed by atoms with Gasteiger partial charge in [-0.3, -0.25) is 0 Å². The molecule has 0 fully saturated rings. The zero-order valence-electron chi connectivity index (χ0n) is 7.80. The normalized spacial score (nSPS) is 6.55. The molecule has 0 bridgehead atoms. The van der Waals surface area contributed by atoms with Crippen molar-refractivity contribution in [3.05, 3.63) is 18.5 Å².